The van der Waals surface area contributed by atoms with Crippen molar-refractivity contribution in [2.24, 2.45) is 0 Å². The average Bonchev–Trinajstić information content (AvgIpc) is 2.80. The Hall–Kier alpha value is -0.388. The Labute approximate surface area is 107 Å². The molecule has 0 atom stereocenters. The van der Waals surface area contributed by atoms with E-state index in [-0.39, 0.29) is 0 Å². The molecule has 1 heterocycles. The summed E-state index contributed by atoms with van der Waals surface area (Å²) < 4.78 is 4.70. The molecule has 0 N–H and O–H groups in total. The minimum absolute atomic E-state index is 0.789. The van der Waals surface area contributed by atoms with Gasteiger partial charge in [0.1, 0.15) is 0 Å². The van der Waals surface area contributed by atoms with Gasteiger partial charge in [-0.05, 0) is 11.0 Å². The van der Waals surface area contributed by atoms with E-state index in [4.69, 9.17) is 0 Å². The second kappa shape index (κ2) is 7.82. The van der Waals surface area contributed by atoms with Crippen LogP contribution in [-0.2, 0) is 0 Å². The van der Waals surface area contributed by atoms with Crippen molar-refractivity contribution in [1.82, 2.24) is 9.97 Å². The van der Waals surface area contributed by atoms with Gasteiger partial charge < -0.3 is 9.97 Å². The fraction of sp³-hybridized carbons (Fsp3) is 0.462. The van der Waals surface area contributed by atoms with E-state index in [1.807, 2.05) is 24.3 Å². The summed E-state index contributed by atoms with van der Waals surface area (Å²) in [6.45, 7) is 7.07. The summed E-state index contributed by atoms with van der Waals surface area (Å²) in [4.78, 5) is 8.02. The van der Waals surface area contributed by atoms with E-state index in [9.17, 15) is 0 Å². The van der Waals surface area contributed by atoms with E-state index in [1.54, 1.807) is 18.3 Å². The molecule has 2 rings (SSSR count). The van der Waals surface area contributed by atoms with Gasteiger partial charge in [-0.1, -0.05) is 30.6 Å². The van der Waals surface area contributed by atoms with Crippen molar-refractivity contribution in [2.75, 3.05) is 0 Å². The van der Waals surface area contributed by atoms with Crippen LogP contribution in [0.4, 0.5) is 0 Å². The van der Waals surface area contributed by atoms with Crippen LogP contribution in [0.15, 0.2) is 30.6 Å². The first-order chi connectivity index (χ1) is 7.81. The number of benzene rings is 1. The number of nitrogens with zero attached hydrogens (tertiary/aromatic N) is 2. The first-order valence-electron chi connectivity index (χ1n) is 5.97. The number of fused-ring (bicyclic) bond motifs is 1. The number of hydrogen-bond acceptors (Lipinski definition) is 1. The summed E-state index contributed by atoms with van der Waals surface area (Å²) in [5.41, 5.74) is 1.94. The molecule has 0 bridgehead atoms. The topological polar surface area (TPSA) is 27.0 Å². The third-order valence-electron chi connectivity index (χ3n) is 2.78. The Bertz CT molecular complexity index is 358. The van der Waals surface area contributed by atoms with Crippen LogP contribution in [0.25, 0.3) is 11.0 Å². The number of hydrogen-bond donors (Lipinski definition) is 0. The van der Waals surface area contributed by atoms with Crippen molar-refractivity contribution in [3.05, 3.63) is 30.6 Å². The minimum atomic E-state index is -0.789. The summed E-state index contributed by atoms with van der Waals surface area (Å²) in [6, 6.07) is 7.80. The quantitative estimate of drug-likeness (QED) is 0.720. The molecule has 2 nitrogen and oxygen atoms in total. The van der Waals surface area contributed by atoms with Crippen LogP contribution in [0.2, 0.25) is 11.9 Å². The number of rotatable bonds is 3. The Morgan fingerprint density at radius 3 is 2.19 bits per heavy atom. The monoisotopic (exact) mass is 412 g/mol. The third kappa shape index (κ3) is 4.23. The van der Waals surface area contributed by atoms with Crippen molar-refractivity contribution in [1.29, 1.82) is 0 Å². The van der Waals surface area contributed by atoms with Crippen LogP contribution in [0.5, 0.6) is 0 Å². The van der Waals surface area contributed by atoms with Crippen LogP contribution < -0.4 is 4.98 Å². The van der Waals surface area contributed by atoms with E-state index in [1.165, 1.54) is 0 Å². The molecule has 0 amide bonds. The summed E-state index contributed by atoms with van der Waals surface area (Å²) in [5, 5.41) is 0. The first-order valence-corrected chi connectivity index (χ1v) is 14.2. The maximum absolute atomic E-state index is 4.01. The van der Waals surface area contributed by atoms with Gasteiger partial charge in [-0.2, -0.15) is 0 Å². The molecule has 2 aromatic rings. The fourth-order valence-electron chi connectivity index (χ4n) is 1.59. The Morgan fingerprint density at radius 1 is 1.06 bits per heavy atom. The van der Waals surface area contributed by atoms with Crippen LogP contribution in [0.3, 0.4) is 0 Å². The van der Waals surface area contributed by atoms with Crippen molar-refractivity contribution < 1.29 is 0 Å². The van der Waals surface area contributed by atoms with Crippen molar-refractivity contribution in [3.8, 4) is 0 Å². The maximum atomic E-state index is 4.01. The van der Waals surface area contributed by atoms with E-state index in [0.29, 0.717) is 0 Å². The van der Waals surface area contributed by atoms with Gasteiger partial charge in [0.05, 0.1) is 0 Å². The zero-order valence-electron chi connectivity index (χ0n) is 10.4. The molecule has 16 heavy (non-hydrogen) atoms. The molecule has 0 spiro atoms. The zero-order valence-corrected chi connectivity index (χ0v) is 14.3. The van der Waals surface area contributed by atoms with Gasteiger partial charge in [-0.3, -0.25) is 0 Å². The van der Waals surface area contributed by atoms with Crippen LogP contribution >= 0.6 is 0 Å². The van der Waals surface area contributed by atoms with Crippen molar-refractivity contribution >= 4 is 33.7 Å². The van der Waals surface area contributed by atoms with Gasteiger partial charge in [-0.15, -0.1) is 0 Å². The van der Waals surface area contributed by atoms with Crippen LogP contribution in [0, 0.1) is 0 Å². The summed E-state index contributed by atoms with van der Waals surface area (Å²) in [5.74, 6) is 0. The largest absolute Gasteiger partial charge is 0.443 e. The Balaban J connectivity index is 0.000000168. The molecule has 0 aliphatic carbocycles. The standard InChI is InChI=1S/C7H5N2.3C2H5.Pb/c1-2-4-7-6(3-1)8-5-9-7;3*1-2;/h1-5H;3*1H2,2H3;/q-1;;;;. The molecule has 1 radical (unpaired) electrons. The summed E-state index contributed by atoms with van der Waals surface area (Å²) in [7, 11) is 0. The summed E-state index contributed by atoms with van der Waals surface area (Å²) >= 11 is -0.789. The first kappa shape index (κ1) is 13.7. The van der Waals surface area contributed by atoms with Gasteiger partial charge in [0.25, 0.3) is 0 Å². The van der Waals surface area contributed by atoms with Crippen LogP contribution in [-0.4, -0.2) is 27.7 Å². The molecular formula is C13H20N2Pb-. The number of imidazole rings is 1. The van der Waals surface area contributed by atoms with E-state index >= 15 is 0 Å². The molecule has 0 unspecified atom stereocenters. The Morgan fingerprint density at radius 2 is 1.69 bits per heavy atom. The fourth-order valence-corrected chi connectivity index (χ4v) is 7.42. The molecule has 0 aliphatic rings. The minimum Gasteiger partial charge on any atom is -0.443 e. The predicted octanol–water partition coefficient (Wildman–Crippen LogP) is 3.73. The second-order valence-corrected chi connectivity index (χ2v) is 17.8. The van der Waals surface area contributed by atoms with E-state index < -0.39 is 22.7 Å². The average molecular weight is 412 g/mol. The number of aromatic nitrogens is 2. The molecule has 87 valence electrons. The van der Waals surface area contributed by atoms with E-state index in [2.05, 4.69) is 30.7 Å². The molecule has 3 heteroatoms. The Kier molecular flexibility index (Phi) is 6.68. The summed E-state index contributed by atoms with van der Waals surface area (Å²) in [6.07, 6.45) is 1.57. The van der Waals surface area contributed by atoms with Gasteiger partial charge >= 0.3 is 55.4 Å². The molecule has 0 saturated carbocycles. The molecular weight excluding hydrogens is 391 g/mol. The second-order valence-electron chi connectivity index (χ2n) is 3.67. The van der Waals surface area contributed by atoms with Gasteiger partial charge in [0.15, 0.2) is 0 Å². The van der Waals surface area contributed by atoms with E-state index in [0.717, 1.165) is 11.0 Å². The zero-order chi connectivity index (χ0) is 11.8. The number of para-hydroxylation sites is 2. The molecule has 0 fully saturated rings. The van der Waals surface area contributed by atoms with Gasteiger partial charge in [-0.25, -0.2) is 0 Å². The molecule has 0 saturated heterocycles. The molecule has 0 aliphatic heterocycles. The maximum Gasteiger partial charge on any atom is -0.0387 e. The van der Waals surface area contributed by atoms with Crippen molar-refractivity contribution in [2.45, 2.75) is 32.7 Å². The van der Waals surface area contributed by atoms with Crippen LogP contribution in [0.1, 0.15) is 20.8 Å². The predicted molar refractivity (Wildman–Crippen MR) is 72.3 cm³/mol. The molecule has 1 aromatic heterocycles. The van der Waals surface area contributed by atoms with Gasteiger partial charge in [0.2, 0.25) is 0 Å². The van der Waals surface area contributed by atoms with Gasteiger partial charge in [0, 0.05) is 0 Å². The van der Waals surface area contributed by atoms with Crippen molar-refractivity contribution in [3.63, 3.8) is 0 Å². The molecule has 1 aromatic carbocycles. The normalized spacial score (nSPS) is 10.2. The SMILES string of the molecule is C[CH2][Pb]([CH2]C)[CH2]C.c1ccc2[n-]cnc2c1. The smallest absolute Gasteiger partial charge is 0.0387 e. The third-order valence-corrected chi connectivity index (χ3v) is 14.4.